The fourth-order valence-corrected chi connectivity index (χ4v) is 5.76. The van der Waals surface area contributed by atoms with Crippen molar-refractivity contribution in [2.75, 3.05) is 31.9 Å². The van der Waals surface area contributed by atoms with E-state index in [1.165, 1.54) is 0 Å². The topological polar surface area (TPSA) is 57.7 Å². The quantitative estimate of drug-likeness (QED) is 0.800. The third kappa shape index (κ3) is 4.04. The number of sulfonamides is 1. The Morgan fingerprint density at radius 2 is 1.96 bits per heavy atom. The van der Waals surface area contributed by atoms with Crippen LogP contribution in [-0.2, 0) is 10.0 Å². The summed E-state index contributed by atoms with van der Waals surface area (Å²) in [5, 5.41) is 2.89. The summed E-state index contributed by atoms with van der Waals surface area (Å²) < 4.78 is 27.5. The zero-order valence-electron chi connectivity index (χ0n) is 14.5. The van der Waals surface area contributed by atoms with E-state index in [0.717, 1.165) is 22.1 Å². The summed E-state index contributed by atoms with van der Waals surface area (Å²) in [6.45, 7) is 3.93. The first kappa shape index (κ1) is 18.4. The molecule has 7 heteroatoms. The molecule has 1 fully saturated rings. The molecule has 1 aromatic heterocycles. The average molecular weight is 381 g/mol. The van der Waals surface area contributed by atoms with Crippen LogP contribution in [0.4, 0.5) is 0 Å². The van der Waals surface area contributed by atoms with Gasteiger partial charge in [0.05, 0.1) is 11.3 Å². The highest BCUT2D eigenvalue weighted by atomic mass is 32.2. The molecule has 0 N–H and O–H groups in total. The highest BCUT2D eigenvalue weighted by molar-refractivity contribution is 7.89. The monoisotopic (exact) mass is 380 g/mol. The zero-order valence-corrected chi connectivity index (χ0v) is 16.1. The van der Waals surface area contributed by atoms with Crippen molar-refractivity contribution in [2.24, 2.45) is 0 Å². The van der Waals surface area contributed by atoms with Crippen LogP contribution in [0.15, 0.2) is 29.6 Å². The molecule has 1 amide bonds. The van der Waals surface area contributed by atoms with Gasteiger partial charge < -0.3 is 4.90 Å². The molecule has 0 bridgehead atoms. The Bertz CT molecular complexity index is 845. The predicted octanol–water partition coefficient (Wildman–Crippen LogP) is 3.18. The average Bonchev–Trinajstić information content (AvgIpc) is 2.87. The van der Waals surface area contributed by atoms with Crippen LogP contribution >= 0.6 is 11.3 Å². The molecule has 1 aromatic carbocycles. The van der Waals surface area contributed by atoms with Gasteiger partial charge in [-0.1, -0.05) is 31.5 Å². The SMILES string of the molecule is CCCCS(=O)(=O)N1CCCN(C(=O)c2csc3ccccc23)CC1. The number of fused-ring (bicyclic) bond motifs is 1. The lowest BCUT2D eigenvalue weighted by Gasteiger charge is -2.22. The van der Waals surface area contributed by atoms with E-state index in [2.05, 4.69) is 0 Å². The number of carbonyl (C=O) groups excluding carboxylic acids is 1. The maximum atomic E-state index is 12.9. The standard InChI is InChI=1S/C18H24N2O3S2/c1-2-3-13-25(22,23)20-10-6-9-19(11-12-20)18(21)16-14-24-17-8-5-4-7-15(16)17/h4-5,7-8,14H,2-3,6,9-13H2,1H3. The van der Waals surface area contributed by atoms with E-state index in [4.69, 9.17) is 0 Å². The van der Waals surface area contributed by atoms with Gasteiger partial charge in [-0.3, -0.25) is 4.79 Å². The van der Waals surface area contributed by atoms with E-state index < -0.39 is 10.0 Å². The second-order valence-corrected chi connectivity index (χ2v) is 9.36. The summed E-state index contributed by atoms with van der Waals surface area (Å²) in [5.41, 5.74) is 0.725. The minimum absolute atomic E-state index is 0.00487. The number of hydrogen-bond donors (Lipinski definition) is 0. The highest BCUT2D eigenvalue weighted by Gasteiger charge is 2.27. The molecular weight excluding hydrogens is 356 g/mol. The molecule has 5 nitrogen and oxygen atoms in total. The number of hydrogen-bond acceptors (Lipinski definition) is 4. The lowest BCUT2D eigenvalue weighted by molar-refractivity contribution is 0.0766. The lowest BCUT2D eigenvalue weighted by Crippen LogP contribution is -2.38. The Labute approximate surface area is 153 Å². The number of thiophene rings is 1. The van der Waals surface area contributed by atoms with E-state index in [-0.39, 0.29) is 11.7 Å². The molecule has 1 aliphatic heterocycles. The van der Waals surface area contributed by atoms with Crippen molar-refractivity contribution in [1.82, 2.24) is 9.21 Å². The molecule has 3 rings (SSSR count). The van der Waals surface area contributed by atoms with Crippen molar-refractivity contribution >= 4 is 37.4 Å². The molecule has 136 valence electrons. The third-order valence-electron chi connectivity index (χ3n) is 4.60. The number of unbranched alkanes of at least 4 members (excludes halogenated alkanes) is 1. The fourth-order valence-electron chi connectivity index (χ4n) is 3.14. The first-order chi connectivity index (χ1) is 12.0. The van der Waals surface area contributed by atoms with Gasteiger partial charge in [-0.05, 0) is 18.9 Å². The van der Waals surface area contributed by atoms with Gasteiger partial charge in [0, 0.05) is 41.6 Å². The Hall–Kier alpha value is -1.44. The van der Waals surface area contributed by atoms with E-state index in [1.54, 1.807) is 20.5 Å². The van der Waals surface area contributed by atoms with Gasteiger partial charge in [-0.2, -0.15) is 0 Å². The molecule has 2 heterocycles. The predicted molar refractivity (Wildman–Crippen MR) is 103 cm³/mol. The van der Waals surface area contributed by atoms with Gasteiger partial charge in [0.25, 0.3) is 5.91 Å². The molecule has 0 atom stereocenters. The largest absolute Gasteiger partial charge is 0.337 e. The molecule has 25 heavy (non-hydrogen) atoms. The van der Waals surface area contributed by atoms with Gasteiger partial charge in [0.1, 0.15) is 0 Å². The summed E-state index contributed by atoms with van der Waals surface area (Å²) in [5.74, 6) is 0.206. The maximum Gasteiger partial charge on any atom is 0.255 e. The summed E-state index contributed by atoms with van der Waals surface area (Å²) in [6.07, 6.45) is 2.23. The zero-order chi connectivity index (χ0) is 17.9. The van der Waals surface area contributed by atoms with Crippen LogP contribution in [0.5, 0.6) is 0 Å². The van der Waals surface area contributed by atoms with Crippen molar-refractivity contribution < 1.29 is 13.2 Å². The molecule has 0 unspecified atom stereocenters. The van der Waals surface area contributed by atoms with E-state index >= 15 is 0 Å². The Kier molecular flexibility index (Phi) is 5.76. The molecule has 2 aromatic rings. The summed E-state index contributed by atoms with van der Waals surface area (Å²) in [4.78, 5) is 14.7. The van der Waals surface area contributed by atoms with Crippen LogP contribution in [-0.4, -0.2) is 55.5 Å². The third-order valence-corrected chi connectivity index (χ3v) is 7.52. The second kappa shape index (κ2) is 7.85. The summed E-state index contributed by atoms with van der Waals surface area (Å²) in [7, 11) is -3.21. The molecule has 1 saturated heterocycles. The van der Waals surface area contributed by atoms with E-state index in [1.807, 2.05) is 36.6 Å². The smallest absolute Gasteiger partial charge is 0.255 e. The van der Waals surface area contributed by atoms with Gasteiger partial charge in [0.2, 0.25) is 10.0 Å². The lowest BCUT2D eigenvalue weighted by atomic mass is 10.1. The summed E-state index contributed by atoms with van der Waals surface area (Å²) >= 11 is 1.57. The molecule has 0 spiro atoms. The number of carbonyl (C=O) groups is 1. The first-order valence-electron chi connectivity index (χ1n) is 8.76. The van der Waals surface area contributed by atoms with Crippen molar-refractivity contribution in [3.05, 3.63) is 35.2 Å². The number of amides is 1. The van der Waals surface area contributed by atoms with E-state index in [0.29, 0.717) is 39.0 Å². The second-order valence-electron chi connectivity index (χ2n) is 6.36. The Morgan fingerprint density at radius 3 is 2.76 bits per heavy atom. The molecule has 0 saturated carbocycles. The van der Waals surface area contributed by atoms with Crippen LogP contribution in [0.3, 0.4) is 0 Å². The Morgan fingerprint density at radius 1 is 1.16 bits per heavy atom. The normalized spacial score (nSPS) is 16.9. The van der Waals surface area contributed by atoms with Gasteiger partial charge in [-0.15, -0.1) is 11.3 Å². The van der Waals surface area contributed by atoms with Crippen LogP contribution in [0, 0.1) is 0 Å². The van der Waals surface area contributed by atoms with Gasteiger partial charge >= 0.3 is 0 Å². The van der Waals surface area contributed by atoms with Crippen LogP contribution in [0.2, 0.25) is 0 Å². The van der Waals surface area contributed by atoms with Crippen LogP contribution in [0.1, 0.15) is 36.5 Å². The number of rotatable bonds is 5. The Balaban J connectivity index is 1.72. The van der Waals surface area contributed by atoms with Crippen LogP contribution < -0.4 is 0 Å². The minimum Gasteiger partial charge on any atom is -0.337 e. The molecule has 1 aliphatic rings. The van der Waals surface area contributed by atoms with Crippen molar-refractivity contribution in [1.29, 1.82) is 0 Å². The summed E-state index contributed by atoms with van der Waals surface area (Å²) in [6, 6.07) is 7.90. The maximum absolute atomic E-state index is 12.9. The highest BCUT2D eigenvalue weighted by Crippen LogP contribution is 2.27. The number of benzene rings is 1. The molecular formula is C18H24N2O3S2. The molecule has 0 aliphatic carbocycles. The number of nitrogens with zero attached hydrogens (tertiary/aromatic N) is 2. The van der Waals surface area contributed by atoms with Crippen molar-refractivity contribution in [3.8, 4) is 0 Å². The first-order valence-corrected chi connectivity index (χ1v) is 11.2. The van der Waals surface area contributed by atoms with Gasteiger partial charge in [0.15, 0.2) is 0 Å². The van der Waals surface area contributed by atoms with Crippen molar-refractivity contribution in [3.63, 3.8) is 0 Å². The minimum atomic E-state index is -3.21. The van der Waals surface area contributed by atoms with Gasteiger partial charge in [-0.25, -0.2) is 12.7 Å². The van der Waals surface area contributed by atoms with Crippen LogP contribution in [0.25, 0.3) is 10.1 Å². The van der Waals surface area contributed by atoms with E-state index in [9.17, 15) is 13.2 Å². The van der Waals surface area contributed by atoms with Crippen molar-refractivity contribution in [2.45, 2.75) is 26.2 Å². The molecule has 0 radical (unpaired) electrons. The fraction of sp³-hybridized carbons (Fsp3) is 0.500.